The maximum absolute atomic E-state index is 13.9. The first-order valence-corrected chi connectivity index (χ1v) is 5.98. The maximum Gasteiger partial charge on any atom is 0.129 e. The molecule has 0 amide bonds. The Morgan fingerprint density at radius 1 is 1.59 bits per heavy atom. The summed E-state index contributed by atoms with van der Waals surface area (Å²) in [6.07, 6.45) is -0.219. The zero-order valence-electron chi connectivity index (χ0n) is 9.70. The van der Waals surface area contributed by atoms with Crippen molar-refractivity contribution in [2.45, 2.75) is 12.1 Å². The molecule has 1 aliphatic rings. The Morgan fingerprint density at radius 3 is 3.00 bits per heavy atom. The third-order valence-electron chi connectivity index (χ3n) is 3.13. The Morgan fingerprint density at radius 2 is 2.35 bits per heavy atom. The standard InChI is InChI=1S/C12H16ClFN2O/c1-16-5-6-17-10(7-15)12(16)11-8(13)3-2-4-9(11)14/h2-4,10,12H,5-7,15H2,1H3. The van der Waals surface area contributed by atoms with Crippen LogP contribution in [0, 0.1) is 5.82 Å². The van der Waals surface area contributed by atoms with E-state index in [1.807, 2.05) is 11.9 Å². The van der Waals surface area contributed by atoms with Crippen molar-refractivity contribution in [3.8, 4) is 0 Å². The lowest BCUT2D eigenvalue weighted by atomic mass is 9.98. The first kappa shape index (κ1) is 12.8. The minimum absolute atomic E-state index is 0.219. The largest absolute Gasteiger partial charge is 0.374 e. The second kappa shape index (κ2) is 5.31. The molecule has 0 aliphatic carbocycles. The molecule has 0 bridgehead atoms. The highest BCUT2D eigenvalue weighted by Gasteiger charge is 2.33. The van der Waals surface area contributed by atoms with Gasteiger partial charge in [-0.25, -0.2) is 4.39 Å². The average Bonchev–Trinajstić information content (AvgIpc) is 2.30. The molecule has 3 nitrogen and oxygen atoms in total. The van der Waals surface area contributed by atoms with Crippen molar-refractivity contribution < 1.29 is 9.13 Å². The molecule has 2 rings (SSSR count). The maximum atomic E-state index is 13.9. The summed E-state index contributed by atoms with van der Waals surface area (Å²) in [6, 6.07) is 4.48. The quantitative estimate of drug-likeness (QED) is 0.879. The number of hydrogen-bond acceptors (Lipinski definition) is 3. The van der Waals surface area contributed by atoms with Crippen molar-refractivity contribution in [1.82, 2.24) is 4.90 Å². The monoisotopic (exact) mass is 258 g/mol. The number of likely N-dealkylation sites (N-methyl/N-ethyl adjacent to an activating group) is 1. The van der Waals surface area contributed by atoms with E-state index in [0.29, 0.717) is 23.7 Å². The van der Waals surface area contributed by atoms with Crippen LogP contribution in [0.4, 0.5) is 4.39 Å². The summed E-state index contributed by atoms with van der Waals surface area (Å²) in [4.78, 5) is 2.03. The van der Waals surface area contributed by atoms with Crippen LogP contribution in [-0.2, 0) is 4.74 Å². The van der Waals surface area contributed by atoms with Crippen molar-refractivity contribution in [2.24, 2.45) is 5.73 Å². The van der Waals surface area contributed by atoms with Gasteiger partial charge in [0.15, 0.2) is 0 Å². The Kier molecular flexibility index (Phi) is 3.99. The molecule has 0 aromatic heterocycles. The van der Waals surface area contributed by atoms with Gasteiger partial charge in [0.05, 0.1) is 18.8 Å². The molecule has 0 spiro atoms. The van der Waals surface area contributed by atoms with Crippen LogP contribution in [0.3, 0.4) is 0 Å². The molecule has 0 saturated carbocycles. The average molecular weight is 259 g/mol. The van der Waals surface area contributed by atoms with Gasteiger partial charge in [-0.15, -0.1) is 0 Å². The lowest BCUT2D eigenvalue weighted by Crippen LogP contribution is -2.46. The summed E-state index contributed by atoms with van der Waals surface area (Å²) < 4.78 is 19.5. The molecule has 2 N–H and O–H groups in total. The lowest BCUT2D eigenvalue weighted by molar-refractivity contribution is -0.0586. The zero-order chi connectivity index (χ0) is 12.4. The Labute approximate surface area is 105 Å². The molecule has 1 aromatic rings. The van der Waals surface area contributed by atoms with Crippen molar-refractivity contribution in [1.29, 1.82) is 0 Å². The fraction of sp³-hybridized carbons (Fsp3) is 0.500. The van der Waals surface area contributed by atoms with Gasteiger partial charge in [-0.3, -0.25) is 4.90 Å². The number of halogens is 2. The van der Waals surface area contributed by atoms with Crippen LogP contribution in [0.25, 0.3) is 0 Å². The van der Waals surface area contributed by atoms with Crippen molar-refractivity contribution >= 4 is 11.6 Å². The van der Waals surface area contributed by atoms with Gasteiger partial charge in [-0.05, 0) is 19.2 Å². The first-order valence-electron chi connectivity index (χ1n) is 5.61. The summed E-state index contributed by atoms with van der Waals surface area (Å²) in [6.45, 7) is 1.70. The number of morpholine rings is 1. The van der Waals surface area contributed by atoms with Gasteiger partial charge in [-0.1, -0.05) is 17.7 Å². The number of hydrogen-bond donors (Lipinski definition) is 1. The Balaban J connectivity index is 2.41. The molecule has 1 aromatic carbocycles. The van der Waals surface area contributed by atoms with Crippen LogP contribution < -0.4 is 5.73 Å². The minimum atomic E-state index is -0.307. The second-order valence-electron chi connectivity index (χ2n) is 4.21. The zero-order valence-corrected chi connectivity index (χ0v) is 10.5. The number of rotatable bonds is 2. The highest BCUT2D eigenvalue weighted by Crippen LogP contribution is 2.34. The van der Waals surface area contributed by atoms with Crippen LogP contribution in [0.2, 0.25) is 5.02 Å². The lowest BCUT2D eigenvalue weighted by Gasteiger charge is -2.39. The molecular formula is C12H16ClFN2O. The molecule has 1 aliphatic heterocycles. The normalized spacial score (nSPS) is 26.1. The van der Waals surface area contributed by atoms with Gasteiger partial charge in [0, 0.05) is 23.7 Å². The van der Waals surface area contributed by atoms with Gasteiger partial charge < -0.3 is 10.5 Å². The smallest absolute Gasteiger partial charge is 0.129 e. The fourth-order valence-corrected chi connectivity index (χ4v) is 2.53. The van der Waals surface area contributed by atoms with E-state index >= 15 is 0 Å². The van der Waals surface area contributed by atoms with Crippen LogP contribution in [-0.4, -0.2) is 37.7 Å². The van der Waals surface area contributed by atoms with Gasteiger partial charge in [0.1, 0.15) is 5.82 Å². The first-order chi connectivity index (χ1) is 8.15. The van der Waals surface area contributed by atoms with Crippen LogP contribution in [0.1, 0.15) is 11.6 Å². The molecule has 0 radical (unpaired) electrons. The molecule has 1 heterocycles. The SMILES string of the molecule is CN1CCOC(CN)C1c1c(F)cccc1Cl. The van der Waals surface area contributed by atoms with Gasteiger partial charge in [-0.2, -0.15) is 0 Å². The highest BCUT2D eigenvalue weighted by molar-refractivity contribution is 6.31. The van der Waals surface area contributed by atoms with E-state index in [2.05, 4.69) is 0 Å². The van der Waals surface area contributed by atoms with E-state index < -0.39 is 0 Å². The van der Waals surface area contributed by atoms with E-state index in [4.69, 9.17) is 22.1 Å². The van der Waals surface area contributed by atoms with Crippen LogP contribution >= 0.6 is 11.6 Å². The van der Waals surface area contributed by atoms with Crippen LogP contribution in [0.15, 0.2) is 18.2 Å². The van der Waals surface area contributed by atoms with Crippen molar-refractivity contribution in [2.75, 3.05) is 26.7 Å². The summed E-state index contributed by atoms with van der Waals surface area (Å²) in [7, 11) is 1.93. The molecule has 2 unspecified atom stereocenters. The van der Waals surface area contributed by atoms with E-state index in [9.17, 15) is 4.39 Å². The van der Waals surface area contributed by atoms with Gasteiger partial charge in [0.2, 0.25) is 0 Å². The highest BCUT2D eigenvalue weighted by atomic mass is 35.5. The van der Waals surface area contributed by atoms with E-state index in [0.717, 1.165) is 6.54 Å². The third-order valence-corrected chi connectivity index (χ3v) is 3.46. The fourth-order valence-electron chi connectivity index (χ4n) is 2.26. The predicted octanol–water partition coefficient (Wildman–Crippen LogP) is 1.81. The molecule has 1 fully saturated rings. The summed E-state index contributed by atoms with van der Waals surface area (Å²) in [5.41, 5.74) is 6.15. The number of ether oxygens (including phenoxy) is 1. The number of benzene rings is 1. The van der Waals surface area contributed by atoms with Crippen molar-refractivity contribution in [3.63, 3.8) is 0 Å². The minimum Gasteiger partial charge on any atom is -0.374 e. The molecule has 5 heteroatoms. The second-order valence-corrected chi connectivity index (χ2v) is 4.61. The van der Waals surface area contributed by atoms with Gasteiger partial charge in [0.25, 0.3) is 0 Å². The van der Waals surface area contributed by atoms with Gasteiger partial charge >= 0.3 is 0 Å². The Hall–Kier alpha value is -0.680. The molecule has 2 atom stereocenters. The van der Waals surface area contributed by atoms with E-state index in [1.165, 1.54) is 6.07 Å². The molecular weight excluding hydrogens is 243 g/mol. The molecule has 1 saturated heterocycles. The summed E-state index contributed by atoms with van der Waals surface area (Å²) in [5.74, 6) is -0.307. The number of nitrogens with two attached hydrogens (primary N) is 1. The predicted molar refractivity (Wildman–Crippen MR) is 65.6 cm³/mol. The van der Waals surface area contributed by atoms with Crippen molar-refractivity contribution in [3.05, 3.63) is 34.6 Å². The summed E-state index contributed by atoms with van der Waals surface area (Å²) >= 11 is 6.09. The Bertz CT molecular complexity index is 382. The third kappa shape index (κ3) is 2.45. The van der Waals surface area contributed by atoms with Crippen LogP contribution in [0.5, 0.6) is 0 Å². The number of nitrogens with zero attached hydrogens (tertiary/aromatic N) is 1. The molecule has 94 valence electrons. The topological polar surface area (TPSA) is 38.5 Å². The summed E-state index contributed by atoms with van der Waals surface area (Å²) in [5, 5.41) is 0.422. The van der Waals surface area contributed by atoms with E-state index in [-0.39, 0.29) is 18.0 Å². The molecule has 17 heavy (non-hydrogen) atoms. The van der Waals surface area contributed by atoms with E-state index in [1.54, 1.807) is 12.1 Å².